The Hall–Kier alpha value is -1.00. The molecule has 18 heavy (non-hydrogen) atoms. The van der Waals surface area contributed by atoms with Gasteiger partial charge in [0.25, 0.3) is 0 Å². The molecule has 0 radical (unpaired) electrons. The molecule has 0 heterocycles. The number of aliphatic hydroxyl groups excluding tert-OH is 1. The van der Waals surface area contributed by atoms with Crippen molar-refractivity contribution in [3.8, 4) is 11.8 Å². The lowest BCUT2D eigenvalue weighted by molar-refractivity contribution is 0.244. The molecule has 1 heteroatoms. The highest BCUT2D eigenvalue weighted by Gasteiger charge is 2.34. The van der Waals surface area contributed by atoms with Crippen molar-refractivity contribution in [1.29, 1.82) is 0 Å². The molecule has 1 nitrogen and oxygen atoms in total. The molecule has 3 atom stereocenters. The Morgan fingerprint density at radius 2 is 2.17 bits per heavy atom. The van der Waals surface area contributed by atoms with Crippen LogP contribution in [0.25, 0.3) is 0 Å². The van der Waals surface area contributed by atoms with Crippen molar-refractivity contribution in [3.05, 3.63) is 24.3 Å². The summed E-state index contributed by atoms with van der Waals surface area (Å²) < 4.78 is 0. The fourth-order valence-electron chi connectivity index (χ4n) is 2.00. The van der Waals surface area contributed by atoms with Crippen LogP contribution in [-0.2, 0) is 0 Å². The predicted octanol–water partition coefficient (Wildman–Crippen LogP) is 4.09. The average Bonchev–Trinajstić information content (AvgIpc) is 3.07. The van der Waals surface area contributed by atoms with Gasteiger partial charge in [-0.25, -0.2) is 0 Å². The summed E-state index contributed by atoms with van der Waals surface area (Å²) in [5, 5.41) is 9.01. The second-order valence-corrected chi connectivity index (χ2v) is 5.23. The minimum Gasteiger partial charge on any atom is -0.389 e. The third-order valence-corrected chi connectivity index (χ3v) is 3.32. The van der Waals surface area contributed by atoms with E-state index >= 15 is 0 Å². The highest BCUT2D eigenvalue weighted by molar-refractivity contribution is 5.17. The van der Waals surface area contributed by atoms with E-state index in [0.29, 0.717) is 0 Å². The zero-order valence-electron chi connectivity index (χ0n) is 11.7. The lowest BCUT2D eigenvalue weighted by Gasteiger charge is -1.91. The molecule has 0 aromatic heterocycles. The summed E-state index contributed by atoms with van der Waals surface area (Å²) in [5.41, 5.74) is 0. The van der Waals surface area contributed by atoms with Crippen LogP contribution < -0.4 is 0 Å². The van der Waals surface area contributed by atoms with Gasteiger partial charge in [0, 0.05) is 6.42 Å². The lowest BCUT2D eigenvalue weighted by atomic mass is 10.1. The molecule has 0 aromatic rings. The SMILES string of the molecule is CCCC/C=C/CC1CC1CC#C/C=C/C(C)O. The molecular weight excluding hydrogens is 220 g/mol. The quantitative estimate of drug-likeness (QED) is 0.407. The van der Waals surface area contributed by atoms with Crippen molar-refractivity contribution in [2.75, 3.05) is 0 Å². The molecule has 1 aliphatic rings. The Kier molecular flexibility index (Phi) is 7.53. The molecule has 3 unspecified atom stereocenters. The van der Waals surface area contributed by atoms with E-state index in [0.717, 1.165) is 18.3 Å². The predicted molar refractivity (Wildman–Crippen MR) is 78.1 cm³/mol. The molecular formula is C17H26O. The van der Waals surface area contributed by atoms with Crippen LogP contribution in [0.3, 0.4) is 0 Å². The first kappa shape index (κ1) is 15.1. The minimum absolute atomic E-state index is 0.388. The van der Waals surface area contributed by atoms with Gasteiger partial charge in [-0.2, -0.15) is 0 Å². The fraction of sp³-hybridized carbons (Fsp3) is 0.647. The lowest BCUT2D eigenvalue weighted by Crippen LogP contribution is -1.90. The summed E-state index contributed by atoms with van der Waals surface area (Å²) in [6.45, 7) is 3.97. The Balaban J connectivity index is 2.05. The van der Waals surface area contributed by atoms with Gasteiger partial charge in [-0.15, -0.1) is 0 Å². The van der Waals surface area contributed by atoms with Gasteiger partial charge in [-0.3, -0.25) is 0 Å². The molecule has 1 saturated carbocycles. The Morgan fingerprint density at radius 1 is 1.33 bits per heavy atom. The normalized spacial score (nSPS) is 24.2. The smallest absolute Gasteiger partial charge is 0.0701 e. The van der Waals surface area contributed by atoms with E-state index in [9.17, 15) is 0 Å². The molecule has 0 aromatic carbocycles. The van der Waals surface area contributed by atoms with Crippen molar-refractivity contribution in [1.82, 2.24) is 0 Å². The molecule has 1 fully saturated rings. The maximum Gasteiger partial charge on any atom is 0.0701 e. The van der Waals surface area contributed by atoms with Crippen molar-refractivity contribution in [3.63, 3.8) is 0 Å². The van der Waals surface area contributed by atoms with E-state index in [-0.39, 0.29) is 6.10 Å². The average molecular weight is 246 g/mol. The Morgan fingerprint density at radius 3 is 2.89 bits per heavy atom. The van der Waals surface area contributed by atoms with E-state index < -0.39 is 0 Å². The van der Waals surface area contributed by atoms with E-state index in [2.05, 4.69) is 30.9 Å². The summed E-state index contributed by atoms with van der Waals surface area (Å²) in [6.07, 6.45) is 15.2. The largest absolute Gasteiger partial charge is 0.389 e. The van der Waals surface area contributed by atoms with Gasteiger partial charge in [0.05, 0.1) is 6.10 Å². The van der Waals surface area contributed by atoms with Crippen LogP contribution in [0.2, 0.25) is 0 Å². The number of rotatable bonds is 7. The maximum atomic E-state index is 9.01. The first-order chi connectivity index (χ1) is 8.74. The second kappa shape index (κ2) is 9.00. The van der Waals surface area contributed by atoms with Gasteiger partial charge >= 0.3 is 0 Å². The Labute approximate surface area is 112 Å². The fourth-order valence-corrected chi connectivity index (χ4v) is 2.00. The van der Waals surface area contributed by atoms with Crippen molar-refractivity contribution in [2.45, 2.75) is 58.5 Å². The topological polar surface area (TPSA) is 20.2 Å². The van der Waals surface area contributed by atoms with E-state index in [1.807, 2.05) is 0 Å². The van der Waals surface area contributed by atoms with Gasteiger partial charge in [0.1, 0.15) is 0 Å². The number of unbranched alkanes of at least 4 members (excludes halogenated alkanes) is 2. The number of aliphatic hydroxyl groups is 1. The highest BCUT2D eigenvalue weighted by Crippen LogP contribution is 2.43. The van der Waals surface area contributed by atoms with E-state index in [1.54, 1.807) is 19.1 Å². The van der Waals surface area contributed by atoms with Crippen molar-refractivity contribution in [2.24, 2.45) is 11.8 Å². The summed E-state index contributed by atoms with van der Waals surface area (Å²) in [7, 11) is 0. The molecule has 0 saturated heterocycles. The van der Waals surface area contributed by atoms with Gasteiger partial charge in [0.2, 0.25) is 0 Å². The van der Waals surface area contributed by atoms with E-state index in [1.165, 1.54) is 32.1 Å². The molecule has 1 rings (SSSR count). The van der Waals surface area contributed by atoms with Gasteiger partial charge in [-0.1, -0.05) is 43.8 Å². The van der Waals surface area contributed by atoms with Crippen LogP contribution in [0.5, 0.6) is 0 Å². The van der Waals surface area contributed by atoms with Crippen molar-refractivity contribution < 1.29 is 5.11 Å². The first-order valence-corrected chi connectivity index (χ1v) is 7.22. The molecule has 100 valence electrons. The van der Waals surface area contributed by atoms with Gasteiger partial charge < -0.3 is 5.11 Å². The van der Waals surface area contributed by atoms with Gasteiger partial charge in [0.15, 0.2) is 0 Å². The minimum atomic E-state index is -0.388. The Bertz CT molecular complexity index is 327. The van der Waals surface area contributed by atoms with E-state index in [4.69, 9.17) is 5.11 Å². The summed E-state index contributed by atoms with van der Waals surface area (Å²) in [5.74, 6) is 7.84. The number of hydrogen-bond donors (Lipinski definition) is 1. The van der Waals surface area contributed by atoms with Gasteiger partial charge in [-0.05, 0) is 50.2 Å². The molecule has 0 spiro atoms. The standard InChI is InChI=1S/C17H26O/c1-3-4-5-6-9-12-16-14-17(16)13-10-7-8-11-15(2)18/h6,8-9,11,15-18H,3-5,12-14H2,1-2H3/b9-6+,11-8+. The highest BCUT2D eigenvalue weighted by atomic mass is 16.3. The molecule has 0 amide bonds. The zero-order chi connectivity index (χ0) is 13.2. The summed E-state index contributed by atoms with van der Waals surface area (Å²) >= 11 is 0. The molecule has 0 bridgehead atoms. The molecule has 1 aliphatic carbocycles. The monoisotopic (exact) mass is 246 g/mol. The summed E-state index contributed by atoms with van der Waals surface area (Å²) in [4.78, 5) is 0. The van der Waals surface area contributed by atoms with Crippen LogP contribution in [0.15, 0.2) is 24.3 Å². The number of allylic oxidation sites excluding steroid dienone is 3. The van der Waals surface area contributed by atoms with Crippen molar-refractivity contribution >= 4 is 0 Å². The first-order valence-electron chi connectivity index (χ1n) is 7.22. The molecule has 0 aliphatic heterocycles. The zero-order valence-corrected chi connectivity index (χ0v) is 11.7. The third-order valence-electron chi connectivity index (χ3n) is 3.32. The van der Waals surface area contributed by atoms with Crippen LogP contribution in [0.4, 0.5) is 0 Å². The van der Waals surface area contributed by atoms with Crippen LogP contribution in [0, 0.1) is 23.7 Å². The summed E-state index contributed by atoms with van der Waals surface area (Å²) in [6, 6.07) is 0. The third kappa shape index (κ3) is 7.35. The van der Waals surface area contributed by atoms with Crippen LogP contribution in [-0.4, -0.2) is 11.2 Å². The number of hydrogen-bond acceptors (Lipinski definition) is 1. The second-order valence-electron chi connectivity index (χ2n) is 5.23. The maximum absolute atomic E-state index is 9.01. The molecule has 1 N–H and O–H groups in total. The van der Waals surface area contributed by atoms with Crippen LogP contribution in [0.1, 0.15) is 52.4 Å². The van der Waals surface area contributed by atoms with Crippen LogP contribution >= 0.6 is 0 Å².